The normalized spacial score (nSPS) is 15.5. The fourth-order valence-corrected chi connectivity index (χ4v) is 2.05. The molecular formula is C13H17FN4O2. The van der Waals surface area contributed by atoms with Gasteiger partial charge in [-0.3, -0.25) is 9.59 Å². The minimum Gasteiger partial charge on any atom is -0.368 e. The van der Waals surface area contributed by atoms with E-state index in [-0.39, 0.29) is 23.8 Å². The summed E-state index contributed by atoms with van der Waals surface area (Å²) in [5.74, 6) is -1.33. The molecule has 2 amide bonds. The van der Waals surface area contributed by atoms with E-state index in [1.807, 2.05) is 6.92 Å². The maximum absolute atomic E-state index is 14.2. The Labute approximate surface area is 116 Å². The maximum atomic E-state index is 14.2. The quantitative estimate of drug-likeness (QED) is 0.851. The van der Waals surface area contributed by atoms with Gasteiger partial charge in [0.25, 0.3) is 5.91 Å². The Bertz CT molecular complexity index is 521. The third-order valence-corrected chi connectivity index (χ3v) is 3.01. The first kappa shape index (κ1) is 14.2. The van der Waals surface area contributed by atoms with E-state index in [0.717, 1.165) is 0 Å². The number of nitrogens with one attached hydrogen (secondary N) is 2. The Morgan fingerprint density at radius 2 is 2.40 bits per heavy atom. The lowest BCUT2D eigenvalue weighted by atomic mass is 10.2. The number of nitrogens with zero attached hydrogens (tertiary/aromatic N) is 2. The molecule has 6 nitrogen and oxygen atoms in total. The van der Waals surface area contributed by atoms with Crippen LogP contribution in [0, 0.1) is 5.82 Å². The van der Waals surface area contributed by atoms with Crippen LogP contribution in [0.3, 0.4) is 0 Å². The summed E-state index contributed by atoms with van der Waals surface area (Å²) in [7, 11) is 0. The number of carbonyl (C=O) groups is 2. The Balaban J connectivity index is 2.23. The molecule has 1 aromatic rings. The van der Waals surface area contributed by atoms with Crippen molar-refractivity contribution in [2.24, 2.45) is 0 Å². The van der Waals surface area contributed by atoms with E-state index >= 15 is 0 Å². The van der Waals surface area contributed by atoms with Crippen molar-refractivity contribution in [1.82, 2.24) is 15.2 Å². The van der Waals surface area contributed by atoms with Crippen molar-refractivity contribution in [2.75, 3.05) is 31.5 Å². The molecule has 0 spiro atoms. The zero-order valence-electron chi connectivity index (χ0n) is 11.3. The van der Waals surface area contributed by atoms with Gasteiger partial charge in [0.2, 0.25) is 5.91 Å². The van der Waals surface area contributed by atoms with Crippen molar-refractivity contribution in [3.05, 3.63) is 23.6 Å². The summed E-state index contributed by atoms with van der Waals surface area (Å²) in [5, 5.41) is 5.43. The highest BCUT2D eigenvalue weighted by Crippen LogP contribution is 2.17. The van der Waals surface area contributed by atoms with Crippen LogP contribution in [0.2, 0.25) is 0 Å². The molecular weight excluding hydrogens is 263 g/mol. The Kier molecular flexibility index (Phi) is 4.49. The number of aromatic nitrogens is 1. The molecule has 1 aliphatic rings. The van der Waals surface area contributed by atoms with Gasteiger partial charge in [-0.1, -0.05) is 0 Å². The average Bonchev–Trinajstić information content (AvgIpc) is 2.65. The highest BCUT2D eigenvalue weighted by Gasteiger charge is 2.24. The van der Waals surface area contributed by atoms with Crippen molar-refractivity contribution in [3.63, 3.8) is 0 Å². The summed E-state index contributed by atoms with van der Waals surface area (Å²) in [6.07, 6.45) is 2.04. The first-order valence-corrected chi connectivity index (χ1v) is 6.57. The highest BCUT2D eigenvalue weighted by atomic mass is 19.1. The lowest BCUT2D eigenvalue weighted by Crippen LogP contribution is -2.37. The maximum Gasteiger partial charge on any atom is 0.257 e. The standard InChI is InChI=1S/C13H17FN4O2/c1-2-15-12-11(14)9(4-6-17-12)13(20)18-7-3-5-16-10(19)8-18/h4,6H,2-3,5,7-8H2,1H3,(H,15,17)(H,16,19). The molecule has 0 saturated carbocycles. The van der Waals surface area contributed by atoms with Gasteiger partial charge in [0, 0.05) is 25.8 Å². The summed E-state index contributed by atoms with van der Waals surface area (Å²) in [6, 6.07) is 1.33. The van der Waals surface area contributed by atoms with E-state index in [4.69, 9.17) is 0 Å². The molecule has 1 saturated heterocycles. The number of hydrogen-bond donors (Lipinski definition) is 2. The van der Waals surface area contributed by atoms with E-state index in [2.05, 4.69) is 15.6 Å². The number of pyridine rings is 1. The molecule has 2 heterocycles. The molecule has 1 aromatic heterocycles. The molecule has 1 fully saturated rings. The minimum atomic E-state index is -0.677. The van der Waals surface area contributed by atoms with Crippen LogP contribution in [0.4, 0.5) is 10.2 Å². The van der Waals surface area contributed by atoms with Gasteiger partial charge in [-0.25, -0.2) is 9.37 Å². The van der Waals surface area contributed by atoms with Gasteiger partial charge in [0.05, 0.1) is 12.1 Å². The second kappa shape index (κ2) is 6.31. The predicted molar refractivity (Wildman–Crippen MR) is 71.9 cm³/mol. The number of anilines is 1. The summed E-state index contributed by atoms with van der Waals surface area (Å²) >= 11 is 0. The minimum absolute atomic E-state index is 0.0445. The second-order valence-corrected chi connectivity index (χ2v) is 4.48. The molecule has 0 radical (unpaired) electrons. The van der Waals surface area contributed by atoms with Gasteiger partial charge in [-0.05, 0) is 19.4 Å². The van der Waals surface area contributed by atoms with Crippen LogP contribution in [0.1, 0.15) is 23.7 Å². The smallest absolute Gasteiger partial charge is 0.257 e. The molecule has 7 heteroatoms. The first-order valence-electron chi connectivity index (χ1n) is 6.57. The van der Waals surface area contributed by atoms with Crippen molar-refractivity contribution >= 4 is 17.6 Å². The highest BCUT2D eigenvalue weighted by molar-refractivity contribution is 5.97. The Morgan fingerprint density at radius 3 is 3.15 bits per heavy atom. The topological polar surface area (TPSA) is 74.3 Å². The number of rotatable bonds is 3. The fraction of sp³-hybridized carbons (Fsp3) is 0.462. The second-order valence-electron chi connectivity index (χ2n) is 4.48. The molecule has 2 rings (SSSR count). The van der Waals surface area contributed by atoms with Crippen LogP contribution in [0.15, 0.2) is 12.3 Å². The van der Waals surface area contributed by atoms with Crippen LogP contribution < -0.4 is 10.6 Å². The van der Waals surface area contributed by atoms with E-state index in [9.17, 15) is 14.0 Å². The molecule has 0 atom stereocenters. The first-order chi connectivity index (χ1) is 9.63. The monoisotopic (exact) mass is 280 g/mol. The van der Waals surface area contributed by atoms with Crippen LogP contribution in [-0.2, 0) is 4.79 Å². The molecule has 1 aliphatic heterocycles. The lowest BCUT2D eigenvalue weighted by Gasteiger charge is -2.19. The summed E-state index contributed by atoms with van der Waals surface area (Å²) < 4.78 is 14.2. The predicted octanol–water partition coefficient (Wildman–Crippen LogP) is 0.615. The summed E-state index contributed by atoms with van der Waals surface area (Å²) in [5.41, 5.74) is -0.0642. The molecule has 20 heavy (non-hydrogen) atoms. The number of amides is 2. The van der Waals surface area contributed by atoms with Crippen LogP contribution in [-0.4, -0.2) is 47.9 Å². The molecule has 108 valence electrons. The van der Waals surface area contributed by atoms with Gasteiger partial charge < -0.3 is 15.5 Å². The number of carbonyl (C=O) groups excluding carboxylic acids is 2. The fourth-order valence-electron chi connectivity index (χ4n) is 2.05. The van der Waals surface area contributed by atoms with Crippen LogP contribution in [0.25, 0.3) is 0 Å². The third-order valence-electron chi connectivity index (χ3n) is 3.01. The van der Waals surface area contributed by atoms with Crippen LogP contribution in [0.5, 0.6) is 0 Å². The van der Waals surface area contributed by atoms with Gasteiger partial charge in [-0.15, -0.1) is 0 Å². The van der Waals surface area contributed by atoms with Gasteiger partial charge >= 0.3 is 0 Å². The Morgan fingerprint density at radius 1 is 1.60 bits per heavy atom. The number of hydrogen-bond acceptors (Lipinski definition) is 4. The van der Waals surface area contributed by atoms with E-state index < -0.39 is 11.7 Å². The van der Waals surface area contributed by atoms with Gasteiger partial charge in [0.15, 0.2) is 11.6 Å². The van der Waals surface area contributed by atoms with Crippen molar-refractivity contribution < 1.29 is 14.0 Å². The molecule has 0 aliphatic carbocycles. The molecule has 2 N–H and O–H groups in total. The number of halogens is 1. The lowest BCUT2D eigenvalue weighted by molar-refractivity contribution is -0.121. The van der Waals surface area contributed by atoms with Crippen molar-refractivity contribution in [1.29, 1.82) is 0 Å². The molecule has 0 aromatic carbocycles. The van der Waals surface area contributed by atoms with E-state index in [1.54, 1.807) is 0 Å². The zero-order chi connectivity index (χ0) is 14.5. The zero-order valence-corrected chi connectivity index (χ0v) is 11.3. The molecule has 0 unspecified atom stereocenters. The summed E-state index contributed by atoms with van der Waals surface area (Å²) in [4.78, 5) is 29.0. The van der Waals surface area contributed by atoms with E-state index in [1.165, 1.54) is 17.2 Å². The molecule has 0 bridgehead atoms. The Hall–Kier alpha value is -2.18. The van der Waals surface area contributed by atoms with Crippen molar-refractivity contribution in [2.45, 2.75) is 13.3 Å². The van der Waals surface area contributed by atoms with Gasteiger partial charge in [0.1, 0.15) is 0 Å². The SMILES string of the molecule is CCNc1nccc(C(=O)N2CCCNC(=O)C2)c1F. The summed E-state index contributed by atoms with van der Waals surface area (Å²) in [6.45, 7) is 3.24. The van der Waals surface area contributed by atoms with E-state index in [0.29, 0.717) is 26.1 Å². The van der Waals surface area contributed by atoms with Gasteiger partial charge in [-0.2, -0.15) is 0 Å². The van der Waals surface area contributed by atoms with Crippen molar-refractivity contribution in [3.8, 4) is 0 Å². The third kappa shape index (κ3) is 3.04. The van der Waals surface area contributed by atoms with Crippen LogP contribution >= 0.6 is 0 Å². The average molecular weight is 280 g/mol. The largest absolute Gasteiger partial charge is 0.368 e.